The molecule has 6 rings (SSSR count). The van der Waals surface area contributed by atoms with Crippen LogP contribution in [0.5, 0.6) is 0 Å². The fourth-order valence-electron chi connectivity index (χ4n) is 6.18. The molecule has 1 N–H and O–H groups in total. The average Bonchev–Trinajstić information content (AvgIpc) is 3.48. The molecule has 1 saturated carbocycles. The first-order valence-corrected chi connectivity index (χ1v) is 13.5. The normalized spacial score (nSPS) is 19.5. The third-order valence-electron chi connectivity index (χ3n) is 7.43. The van der Waals surface area contributed by atoms with E-state index in [4.69, 9.17) is 0 Å². The molecule has 0 radical (unpaired) electrons. The van der Waals surface area contributed by atoms with Crippen molar-refractivity contribution in [3.05, 3.63) is 84.9 Å². The number of imidazole rings is 1. The number of fused-ring (bicyclic) bond motifs is 3. The first kappa shape index (κ1) is 23.0. The van der Waals surface area contributed by atoms with Crippen LogP contribution in [0.2, 0.25) is 0 Å². The highest BCUT2D eigenvalue weighted by molar-refractivity contribution is 7.26. The van der Waals surface area contributed by atoms with E-state index in [-0.39, 0.29) is 17.4 Å². The van der Waals surface area contributed by atoms with Gasteiger partial charge in [0, 0.05) is 31.9 Å². The third-order valence-corrected chi connectivity index (χ3v) is 8.65. The summed E-state index contributed by atoms with van der Waals surface area (Å²) in [6.45, 7) is 6.89. The molecular weight excluding hydrogens is 462 g/mol. The highest BCUT2D eigenvalue weighted by Gasteiger charge is 2.33. The number of rotatable bonds is 4. The number of carbonyl (C=O) groups excluding carboxylic acids is 1. The van der Waals surface area contributed by atoms with E-state index >= 15 is 0 Å². The number of nitrogens with one attached hydrogen (secondary N) is 1. The average molecular weight is 494 g/mol. The standard InChI is InChI=1S/C31H31N3OS/c1-20-14-22(17-31(2,3)16-20)33-30(35)27-18-32-19-34(27)23-9-6-8-21(15-23)24-11-7-12-26-25-10-4-5-13-28(25)36-29(24)26/h4-13,15,18-20,22H,14,16-17H2,1-3H3,(H,33,35)/t20-,22+/m1/s1. The molecule has 4 nitrogen and oxygen atoms in total. The van der Waals surface area contributed by atoms with Gasteiger partial charge in [0.25, 0.3) is 5.91 Å². The smallest absolute Gasteiger partial charge is 0.270 e. The number of carbonyl (C=O) groups is 1. The second-order valence-electron chi connectivity index (χ2n) is 11.1. The van der Waals surface area contributed by atoms with Gasteiger partial charge >= 0.3 is 0 Å². The van der Waals surface area contributed by atoms with Crippen LogP contribution in [0.15, 0.2) is 79.3 Å². The quantitative estimate of drug-likeness (QED) is 0.277. The van der Waals surface area contributed by atoms with E-state index in [0.29, 0.717) is 11.6 Å². The fraction of sp³-hybridized carbons (Fsp3) is 0.290. The highest BCUT2D eigenvalue weighted by Crippen LogP contribution is 2.40. The summed E-state index contributed by atoms with van der Waals surface area (Å²) in [5.41, 5.74) is 4.10. The van der Waals surface area contributed by atoms with Gasteiger partial charge in [-0.15, -0.1) is 11.3 Å². The molecule has 1 aliphatic rings. The van der Waals surface area contributed by atoms with Crippen LogP contribution < -0.4 is 5.32 Å². The van der Waals surface area contributed by atoms with Crippen molar-refractivity contribution in [3.63, 3.8) is 0 Å². The van der Waals surface area contributed by atoms with E-state index in [1.165, 1.54) is 32.2 Å². The zero-order valence-electron chi connectivity index (χ0n) is 21.0. The number of amides is 1. The summed E-state index contributed by atoms with van der Waals surface area (Å²) in [5, 5.41) is 5.88. The van der Waals surface area contributed by atoms with Crippen LogP contribution in [-0.2, 0) is 0 Å². The molecule has 1 amide bonds. The Labute approximate surface area is 216 Å². The molecule has 0 bridgehead atoms. The Balaban J connectivity index is 1.33. The molecule has 0 saturated heterocycles. The van der Waals surface area contributed by atoms with Crippen LogP contribution in [0, 0.1) is 11.3 Å². The van der Waals surface area contributed by atoms with Crippen molar-refractivity contribution in [2.45, 2.75) is 46.1 Å². The molecule has 3 aromatic carbocycles. The Morgan fingerprint density at radius 1 is 1.03 bits per heavy atom. The molecule has 182 valence electrons. The Morgan fingerprint density at radius 3 is 2.69 bits per heavy atom. The summed E-state index contributed by atoms with van der Waals surface area (Å²) in [4.78, 5) is 17.7. The molecular formula is C31H31N3OS. The van der Waals surface area contributed by atoms with Crippen molar-refractivity contribution in [2.75, 3.05) is 0 Å². The second kappa shape index (κ2) is 8.90. The maximum absolute atomic E-state index is 13.3. The zero-order valence-corrected chi connectivity index (χ0v) is 21.8. The molecule has 36 heavy (non-hydrogen) atoms. The van der Waals surface area contributed by atoms with E-state index < -0.39 is 0 Å². The van der Waals surface area contributed by atoms with Crippen molar-refractivity contribution in [1.29, 1.82) is 0 Å². The predicted molar refractivity (Wildman–Crippen MR) is 150 cm³/mol. The summed E-state index contributed by atoms with van der Waals surface area (Å²) >= 11 is 1.83. The molecule has 5 aromatic rings. The molecule has 2 aromatic heterocycles. The first-order chi connectivity index (χ1) is 17.4. The van der Waals surface area contributed by atoms with Gasteiger partial charge in [0.2, 0.25) is 0 Å². The van der Waals surface area contributed by atoms with Gasteiger partial charge in [-0.25, -0.2) is 4.98 Å². The largest absolute Gasteiger partial charge is 0.348 e. The van der Waals surface area contributed by atoms with Gasteiger partial charge in [0.15, 0.2) is 0 Å². The number of thiophene rings is 1. The van der Waals surface area contributed by atoms with Crippen LogP contribution in [0.4, 0.5) is 0 Å². The second-order valence-corrected chi connectivity index (χ2v) is 12.1. The minimum Gasteiger partial charge on any atom is -0.348 e. The molecule has 1 aliphatic carbocycles. The van der Waals surface area contributed by atoms with E-state index in [1.54, 1.807) is 12.5 Å². The van der Waals surface area contributed by atoms with Gasteiger partial charge in [-0.05, 0) is 59.9 Å². The van der Waals surface area contributed by atoms with Crippen molar-refractivity contribution in [2.24, 2.45) is 11.3 Å². The number of aromatic nitrogens is 2. The fourth-order valence-corrected chi connectivity index (χ4v) is 7.42. The van der Waals surface area contributed by atoms with Crippen molar-refractivity contribution < 1.29 is 4.79 Å². The summed E-state index contributed by atoms with van der Waals surface area (Å²) in [5.74, 6) is 0.552. The summed E-state index contributed by atoms with van der Waals surface area (Å²) in [6, 6.07) is 23.7. The Bertz CT molecular complexity index is 1580. The molecule has 0 spiro atoms. The monoisotopic (exact) mass is 493 g/mol. The molecule has 0 unspecified atom stereocenters. The Hall–Kier alpha value is -3.44. The van der Waals surface area contributed by atoms with E-state index in [9.17, 15) is 4.79 Å². The van der Waals surface area contributed by atoms with Crippen LogP contribution >= 0.6 is 11.3 Å². The van der Waals surface area contributed by atoms with E-state index in [1.807, 2.05) is 22.0 Å². The van der Waals surface area contributed by atoms with Crippen molar-refractivity contribution in [3.8, 4) is 16.8 Å². The van der Waals surface area contributed by atoms with Gasteiger partial charge in [0.05, 0.1) is 12.5 Å². The molecule has 5 heteroatoms. The first-order valence-electron chi connectivity index (χ1n) is 12.7. The lowest BCUT2D eigenvalue weighted by atomic mass is 9.70. The minimum atomic E-state index is -0.0561. The summed E-state index contributed by atoms with van der Waals surface area (Å²) < 4.78 is 4.49. The van der Waals surface area contributed by atoms with Crippen LogP contribution in [0.3, 0.4) is 0 Å². The highest BCUT2D eigenvalue weighted by atomic mass is 32.1. The molecule has 2 atom stereocenters. The third kappa shape index (κ3) is 4.22. The Kier molecular flexibility index (Phi) is 5.68. The Morgan fingerprint density at radius 2 is 1.83 bits per heavy atom. The van der Waals surface area contributed by atoms with Gasteiger partial charge in [-0.3, -0.25) is 9.36 Å². The van der Waals surface area contributed by atoms with Crippen LogP contribution in [0.25, 0.3) is 37.0 Å². The number of nitrogens with zero attached hydrogens (tertiary/aromatic N) is 2. The van der Waals surface area contributed by atoms with Gasteiger partial charge in [-0.1, -0.05) is 69.3 Å². The maximum atomic E-state index is 13.3. The van der Waals surface area contributed by atoms with Crippen molar-refractivity contribution in [1.82, 2.24) is 14.9 Å². The summed E-state index contributed by atoms with van der Waals surface area (Å²) in [6.07, 6.45) is 6.65. The molecule has 1 fully saturated rings. The lowest BCUT2D eigenvalue weighted by molar-refractivity contribution is 0.0867. The minimum absolute atomic E-state index is 0.0561. The summed E-state index contributed by atoms with van der Waals surface area (Å²) in [7, 11) is 0. The van der Waals surface area contributed by atoms with Gasteiger partial charge < -0.3 is 5.32 Å². The molecule has 0 aliphatic heterocycles. The lowest BCUT2D eigenvalue weighted by Crippen LogP contribution is -2.43. The lowest BCUT2D eigenvalue weighted by Gasteiger charge is -2.39. The van der Waals surface area contributed by atoms with Crippen LogP contribution in [0.1, 0.15) is 50.5 Å². The van der Waals surface area contributed by atoms with Gasteiger partial charge in [-0.2, -0.15) is 0 Å². The molecule has 2 heterocycles. The number of hydrogen-bond donors (Lipinski definition) is 1. The van der Waals surface area contributed by atoms with E-state index in [2.05, 4.69) is 91.7 Å². The van der Waals surface area contributed by atoms with E-state index in [0.717, 1.165) is 24.1 Å². The zero-order chi connectivity index (χ0) is 24.9. The van der Waals surface area contributed by atoms with Crippen molar-refractivity contribution >= 4 is 37.4 Å². The SMILES string of the molecule is C[C@@H]1C[C@H](NC(=O)c2cncn2-c2cccc(-c3cccc4c3sc3ccccc34)c2)CC(C)(C)C1. The number of hydrogen-bond acceptors (Lipinski definition) is 3. The predicted octanol–water partition coefficient (Wildman–Crippen LogP) is 7.85. The van der Waals surface area contributed by atoms with Crippen LogP contribution in [-0.4, -0.2) is 21.5 Å². The van der Waals surface area contributed by atoms with Gasteiger partial charge in [0.1, 0.15) is 5.69 Å². The topological polar surface area (TPSA) is 46.9 Å². The number of benzene rings is 3. The maximum Gasteiger partial charge on any atom is 0.270 e.